The van der Waals surface area contributed by atoms with Crippen molar-refractivity contribution in [1.29, 1.82) is 0 Å². The van der Waals surface area contributed by atoms with Crippen molar-refractivity contribution in [2.45, 2.75) is 31.7 Å². The standard InChI is InChI=1S/C19H20ClN5OS/c1-11-7-14(9-16(8-11)27-4)19(26)22-12(2)18-23-13(3)24-25(18)17-6-5-15(20)10-21-17/h5-10,12H,1-4H3,(H,22,26). The van der Waals surface area contributed by atoms with Crippen LogP contribution in [0.15, 0.2) is 41.4 Å². The average molecular weight is 402 g/mol. The van der Waals surface area contributed by atoms with Gasteiger partial charge in [0.05, 0.1) is 11.1 Å². The normalized spacial score (nSPS) is 12.0. The molecule has 1 aromatic carbocycles. The molecule has 3 rings (SSSR count). The van der Waals surface area contributed by atoms with Crippen molar-refractivity contribution in [2.24, 2.45) is 0 Å². The van der Waals surface area contributed by atoms with Crippen molar-refractivity contribution in [3.8, 4) is 5.82 Å². The summed E-state index contributed by atoms with van der Waals surface area (Å²) in [6.07, 6.45) is 3.54. The van der Waals surface area contributed by atoms with E-state index in [0.717, 1.165) is 10.5 Å². The number of rotatable bonds is 5. The number of thioether (sulfide) groups is 1. The minimum absolute atomic E-state index is 0.155. The smallest absolute Gasteiger partial charge is 0.251 e. The van der Waals surface area contributed by atoms with Gasteiger partial charge in [0.15, 0.2) is 11.6 Å². The van der Waals surface area contributed by atoms with Gasteiger partial charge in [-0.05, 0) is 62.9 Å². The van der Waals surface area contributed by atoms with Gasteiger partial charge in [-0.3, -0.25) is 4.79 Å². The molecule has 2 aromatic heterocycles. The maximum absolute atomic E-state index is 12.7. The number of benzene rings is 1. The highest BCUT2D eigenvalue weighted by Crippen LogP contribution is 2.20. The molecule has 1 unspecified atom stereocenters. The van der Waals surface area contributed by atoms with Crippen molar-refractivity contribution in [1.82, 2.24) is 25.1 Å². The topological polar surface area (TPSA) is 72.7 Å². The summed E-state index contributed by atoms with van der Waals surface area (Å²) in [7, 11) is 0. The molecule has 1 atom stereocenters. The average Bonchev–Trinajstić information content (AvgIpc) is 3.03. The summed E-state index contributed by atoms with van der Waals surface area (Å²) in [5, 5.41) is 7.94. The van der Waals surface area contributed by atoms with Crippen LogP contribution < -0.4 is 5.32 Å². The van der Waals surface area contributed by atoms with E-state index in [9.17, 15) is 4.79 Å². The van der Waals surface area contributed by atoms with Gasteiger partial charge in [-0.2, -0.15) is 4.68 Å². The molecule has 140 valence electrons. The van der Waals surface area contributed by atoms with Gasteiger partial charge >= 0.3 is 0 Å². The fourth-order valence-corrected chi connectivity index (χ4v) is 3.38. The first-order valence-corrected chi connectivity index (χ1v) is 9.99. The Balaban J connectivity index is 1.86. The molecule has 0 aliphatic carbocycles. The minimum Gasteiger partial charge on any atom is -0.342 e. The van der Waals surface area contributed by atoms with Gasteiger partial charge < -0.3 is 5.32 Å². The molecule has 0 radical (unpaired) electrons. The lowest BCUT2D eigenvalue weighted by atomic mass is 10.1. The number of halogens is 1. The van der Waals surface area contributed by atoms with E-state index in [1.54, 1.807) is 41.7 Å². The number of carbonyl (C=O) groups excluding carboxylic acids is 1. The van der Waals surface area contributed by atoms with Crippen LogP contribution in [0, 0.1) is 13.8 Å². The maximum Gasteiger partial charge on any atom is 0.251 e. The number of aryl methyl sites for hydroxylation is 2. The van der Waals surface area contributed by atoms with Crippen LogP contribution in [-0.4, -0.2) is 31.9 Å². The number of hydrogen-bond donors (Lipinski definition) is 1. The summed E-state index contributed by atoms with van der Waals surface area (Å²) in [5.74, 6) is 1.64. The Morgan fingerprint density at radius 3 is 2.70 bits per heavy atom. The molecular weight excluding hydrogens is 382 g/mol. The Morgan fingerprint density at radius 1 is 1.26 bits per heavy atom. The fraction of sp³-hybridized carbons (Fsp3) is 0.263. The molecule has 8 heteroatoms. The SMILES string of the molecule is CSc1cc(C)cc(C(=O)NC(C)c2nc(C)nn2-c2ccc(Cl)cn2)c1. The van der Waals surface area contributed by atoms with Gasteiger partial charge in [0.25, 0.3) is 5.91 Å². The summed E-state index contributed by atoms with van der Waals surface area (Å²) in [6.45, 7) is 5.65. The molecule has 6 nitrogen and oxygen atoms in total. The van der Waals surface area contributed by atoms with Crippen molar-refractivity contribution in [3.63, 3.8) is 0 Å². The monoisotopic (exact) mass is 401 g/mol. The molecule has 0 fully saturated rings. The van der Waals surface area contributed by atoms with Crippen molar-refractivity contribution in [3.05, 3.63) is 64.3 Å². The molecule has 3 aromatic rings. The lowest BCUT2D eigenvalue weighted by molar-refractivity contribution is 0.0937. The van der Waals surface area contributed by atoms with Crippen LogP contribution in [0.1, 0.15) is 40.5 Å². The Labute approximate surface area is 167 Å². The lowest BCUT2D eigenvalue weighted by Crippen LogP contribution is -2.29. The predicted molar refractivity (Wildman–Crippen MR) is 108 cm³/mol. The summed E-state index contributed by atoms with van der Waals surface area (Å²) in [6, 6.07) is 8.96. The second-order valence-corrected chi connectivity index (χ2v) is 7.51. The van der Waals surface area contributed by atoms with E-state index < -0.39 is 0 Å². The molecule has 27 heavy (non-hydrogen) atoms. The zero-order chi connectivity index (χ0) is 19.6. The molecule has 0 aliphatic heterocycles. The number of hydrogen-bond acceptors (Lipinski definition) is 5. The molecular formula is C19H20ClN5OS. The summed E-state index contributed by atoms with van der Waals surface area (Å²) >= 11 is 7.52. The number of amides is 1. The Bertz CT molecular complexity index is 971. The number of carbonyl (C=O) groups is 1. The van der Waals surface area contributed by atoms with E-state index in [-0.39, 0.29) is 11.9 Å². The van der Waals surface area contributed by atoms with Crippen LogP contribution in [0.2, 0.25) is 5.02 Å². The molecule has 0 aliphatic rings. The Kier molecular flexibility index (Phi) is 5.82. The second-order valence-electron chi connectivity index (χ2n) is 6.20. The van der Waals surface area contributed by atoms with Gasteiger partial charge in [0.1, 0.15) is 5.82 Å². The van der Waals surface area contributed by atoms with E-state index in [1.807, 2.05) is 32.2 Å². The van der Waals surface area contributed by atoms with Crippen molar-refractivity contribution in [2.75, 3.05) is 6.26 Å². The van der Waals surface area contributed by atoms with Crippen LogP contribution in [0.5, 0.6) is 0 Å². The van der Waals surface area contributed by atoms with Gasteiger partial charge in [-0.15, -0.1) is 16.9 Å². The van der Waals surface area contributed by atoms with Gasteiger partial charge in [0, 0.05) is 16.7 Å². The Hall–Kier alpha value is -2.38. The number of nitrogens with zero attached hydrogens (tertiary/aromatic N) is 4. The first-order chi connectivity index (χ1) is 12.9. The Morgan fingerprint density at radius 2 is 2.04 bits per heavy atom. The summed E-state index contributed by atoms with van der Waals surface area (Å²) < 4.78 is 1.63. The fourth-order valence-electron chi connectivity index (χ4n) is 2.71. The highest BCUT2D eigenvalue weighted by molar-refractivity contribution is 7.98. The molecule has 1 amide bonds. The van der Waals surface area contributed by atoms with Crippen LogP contribution >= 0.6 is 23.4 Å². The second kappa shape index (κ2) is 8.10. The van der Waals surface area contributed by atoms with E-state index in [0.29, 0.717) is 28.1 Å². The highest BCUT2D eigenvalue weighted by Gasteiger charge is 2.20. The van der Waals surface area contributed by atoms with Gasteiger partial charge in [0.2, 0.25) is 0 Å². The predicted octanol–water partition coefficient (Wildman–Crippen LogP) is 4.15. The molecule has 0 saturated carbocycles. The molecule has 0 saturated heterocycles. The molecule has 0 spiro atoms. The van der Waals surface area contributed by atoms with E-state index in [1.165, 1.54) is 0 Å². The zero-order valence-corrected chi connectivity index (χ0v) is 17.1. The third kappa shape index (κ3) is 4.48. The van der Waals surface area contributed by atoms with Crippen LogP contribution in [-0.2, 0) is 0 Å². The largest absolute Gasteiger partial charge is 0.342 e. The quantitative estimate of drug-likeness (QED) is 0.650. The van der Waals surface area contributed by atoms with Crippen LogP contribution in [0.3, 0.4) is 0 Å². The van der Waals surface area contributed by atoms with E-state index in [4.69, 9.17) is 11.6 Å². The maximum atomic E-state index is 12.7. The zero-order valence-electron chi connectivity index (χ0n) is 15.5. The lowest BCUT2D eigenvalue weighted by Gasteiger charge is -2.15. The van der Waals surface area contributed by atoms with Gasteiger partial charge in [-0.1, -0.05) is 11.6 Å². The third-order valence-corrected chi connectivity index (χ3v) is 4.88. The number of aromatic nitrogens is 4. The van der Waals surface area contributed by atoms with E-state index >= 15 is 0 Å². The summed E-state index contributed by atoms with van der Waals surface area (Å²) in [4.78, 5) is 22.5. The molecule has 0 bridgehead atoms. The minimum atomic E-state index is -0.352. The number of pyridine rings is 1. The summed E-state index contributed by atoms with van der Waals surface area (Å²) in [5.41, 5.74) is 1.67. The van der Waals surface area contributed by atoms with E-state index in [2.05, 4.69) is 26.4 Å². The third-order valence-electron chi connectivity index (χ3n) is 3.95. The van der Waals surface area contributed by atoms with Crippen LogP contribution in [0.4, 0.5) is 0 Å². The van der Waals surface area contributed by atoms with Gasteiger partial charge in [-0.25, -0.2) is 9.97 Å². The van der Waals surface area contributed by atoms with Crippen molar-refractivity contribution < 1.29 is 4.79 Å². The van der Waals surface area contributed by atoms with Crippen LogP contribution in [0.25, 0.3) is 5.82 Å². The number of nitrogens with one attached hydrogen (secondary N) is 1. The highest BCUT2D eigenvalue weighted by atomic mass is 35.5. The molecule has 1 N–H and O–H groups in total. The molecule has 2 heterocycles. The first-order valence-electron chi connectivity index (χ1n) is 8.39. The van der Waals surface area contributed by atoms with Crippen molar-refractivity contribution >= 4 is 29.3 Å². The first kappa shape index (κ1) is 19.4.